The van der Waals surface area contributed by atoms with Crippen molar-refractivity contribution in [1.29, 1.82) is 0 Å². The molecule has 0 amide bonds. The number of hydrogen-bond donors (Lipinski definition) is 0. The van der Waals surface area contributed by atoms with Gasteiger partial charge in [-0.25, -0.2) is 8.78 Å². The van der Waals surface area contributed by atoms with E-state index in [1.807, 2.05) is 6.92 Å². The minimum absolute atomic E-state index is 0.0206. The van der Waals surface area contributed by atoms with Gasteiger partial charge in [-0.05, 0) is 80.0 Å². The van der Waals surface area contributed by atoms with Crippen LogP contribution in [0.15, 0.2) is 41.3 Å². The summed E-state index contributed by atoms with van der Waals surface area (Å²) < 4.78 is 172. The van der Waals surface area contributed by atoms with E-state index in [0.29, 0.717) is 0 Å². The lowest BCUT2D eigenvalue weighted by atomic mass is 9.82. The van der Waals surface area contributed by atoms with Crippen molar-refractivity contribution in [3.63, 3.8) is 0 Å². The summed E-state index contributed by atoms with van der Waals surface area (Å²) in [5.74, 6) is -6.16. The zero-order valence-corrected chi connectivity index (χ0v) is 24.9. The molecule has 1 aliphatic carbocycles. The first-order valence-electron chi connectivity index (χ1n) is 14.4. The third-order valence-corrected chi connectivity index (χ3v) is 8.93. The zero-order chi connectivity index (χ0) is 33.3. The zero-order valence-electron chi connectivity index (χ0n) is 24.0. The molecule has 2 aromatic carbocycles. The second-order valence-electron chi connectivity index (χ2n) is 11.4. The summed E-state index contributed by atoms with van der Waals surface area (Å²) in [7, 11) is -10.6. The van der Waals surface area contributed by atoms with Crippen LogP contribution in [0.25, 0.3) is 0 Å². The van der Waals surface area contributed by atoms with E-state index in [1.165, 1.54) is 0 Å². The van der Waals surface area contributed by atoms with Gasteiger partial charge in [0.1, 0.15) is 17.4 Å². The first-order chi connectivity index (χ1) is 20.7. The van der Waals surface area contributed by atoms with Gasteiger partial charge >= 0.3 is 22.4 Å². The largest absolute Gasteiger partial charge is 0.451 e. The Morgan fingerprint density at radius 2 is 1.38 bits per heavy atom. The van der Waals surface area contributed by atoms with Crippen molar-refractivity contribution >= 4 is 10.2 Å². The van der Waals surface area contributed by atoms with E-state index in [-0.39, 0.29) is 62.5 Å². The molecule has 1 saturated carbocycles. The Bertz CT molecular complexity index is 1280. The fourth-order valence-electron chi connectivity index (χ4n) is 5.48. The molecule has 0 spiro atoms. The number of benzene rings is 2. The Morgan fingerprint density at radius 1 is 0.822 bits per heavy atom. The third-order valence-electron chi connectivity index (χ3n) is 7.77. The number of ether oxygens (including phenoxy) is 4. The van der Waals surface area contributed by atoms with Crippen LogP contribution in [0.2, 0.25) is 0 Å². The monoisotopic (exact) mass is 686 g/mol. The highest BCUT2D eigenvalue weighted by Gasteiger charge is 2.69. The maximum atomic E-state index is 14.9. The van der Waals surface area contributed by atoms with Crippen LogP contribution in [0.1, 0.15) is 75.3 Å². The Labute approximate surface area is 252 Å². The summed E-state index contributed by atoms with van der Waals surface area (Å²) >= 11 is 0. The fraction of sp³-hybridized carbons (Fsp3) is 0.586. The van der Waals surface area contributed by atoms with Crippen LogP contribution < -0.4 is 4.74 Å². The minimum atomic E-state index is -10.6. The Morgan fingerprint density at radius 3 is 1.89 bits per heavy atom. The van der Waals surface area contributed by atoms with Crippen molar-refractivity contribution in [2.24, 2.45) is 5.92 Å². The Kier molecular flexibility index (Phi) is 9.78. The Hall–Kier alpha value is -2.30. The summed E-state index contributed by atoms with van der Waals surface area (Å²) in [5, 5.41) is 0. The highest BCUT2D eigenvalue weighted by atomic mass is 32.5. The average molecular weight is 687 g/mol. The van der Waals surface area contributed by atoms with Gasteiger partial charge in [0.15, 0.2) is 4.90 Å². The maximum absolute atomic E-state index is 14.9. The van der Waals surface area contributed by atoms with Crippen molar-refractivity contribution in [3.8, 4) is 5.75 Å². The van der Waals surface area contributed by atoms with Crippen molar-refractivity contribution in [3.05, 3.63) is 59.2 Å². The molecule has 0 N–H and O–H groups in total. The van der Waals surface area contributed by atoms with Gasteiger partial charge < -0.3 is 18.9 Å². The molecule has 2 aliphatic rings. The predicted molar refractivity (Wildman–Crippen MR) is 143 cm³/mol. The fourth-order valence-corrected chi connectivity index (χ4v) is 6.34. The number of alkyl halides is 4. The molecule has 256 valence electrons. The van der Waals surface area contributed by atoms with E-state index in [4.69, 9.17) is 14.2 Å². The molecule has 0 atom stereocenters. The molecule has 1 saturated heterocycles. The maximum Gasteiger partial charge on any atom is 0.451 e. The van der Waals surface area contributed by atoms with E-state index in [2.05, 4.69) is 4.74 Å². The normalized spacial score (nSPS) is 25.0. The third kappa shape index (κ3) is 9.16. The van der Waals surface area contributed by atoms with Gasteiger partial charge in [-0.3, -0.25) is 0 Å². The lowest BCUT2D eigenvalue weighted by Gasteiger charge is -2.41. The van der Waals surface area contributed by atoms with Crippen LogP contribution in [0.4, 0.5) is 45.8 Å². The molecule has 0 aromatic heterocycles. The molecule has 0 unspecified atom stereocenters. The molecule has 1 heterocycles. The number of rotatable bonds is 12. The van der Waals surface area contributed by atoms with E-state index in [0.717, 1.165) is 49.9 Å². The van der Waals surface area contributed by atoms with Gasteiger partial charge in [-0.15, -0.1) is 0 Å². The second kappa shape index (κ2) is 12.4. The number of unbranched alkanes of at least 4 members (excludes halogenated alkanes) is 2. The van der Waals surface area contributed by atoms with E-state index < -0.39 is 68.6 Å². The SMILES string of the molecule is CCCCCC1COC(C(F)(F)Oc2ccc(C(F)(F)OC3CCC(c4cc(F)c(S(F)(F)(F)(F)F)c(F)c4)CC3)cc2)OC1. The van der Waals surface area contributed by atoms with Gasteiger partial charge in [-0.2, -0.15) is 17.6 Å². The summed E-state index contributed by atoms with van der Waals surface area (Å²) in [6.45, 7) is 2.17. The van der Waals surface area contributed by atoms with Crippen LogP contribution in [0.3, 0.4) is 0 Å². The molecule has 0 radical (unpaired) electrons. The molecule has 2 fully saturated rings. The lowest BCUT2D eigenvalue weighted by molar-refractivity contribution is -0.352. The summed E-state index contributed by atoms with van der Waals surface area (Å²) in [5.41, 5.74) is -1.000. The molecule has 1 aliphatic heterocycles. The van der Waals surface area contributed by atoms with Crippen LogP contribution in [-0.2, 0) is 20.3 Å². The van der Waals surface area contributed by atoms with Crippen LogP contribution in [0, 0.1) is 17.6 Å². The van der Waals surface area contributed by atoms with E-state index >= 15 is 0 Å². The number of halogens is 11. The topological polar surface area (TPSA) is 36.9 Å². The standard InChI is InChI=1S/C29H33F11O4S/c1-2-3-4-5-18-16-41-27(42-17-18)29(34,35)44-23-12-8-21(9-13-23)28(32,33)43-22-10-6-19(7-11-22)20-14-24(30)26(25(31)15-20)45(36,37,38,39)40/h8-9,12-15,18-19,22,27H,2-7,10-11,16-17H2,1H3. The van der Waals surface area contributed by atoms with Gasteiger partial charge in [0.2, 0.25) is 0 Å². The molecule has 4 rings (SSSR count). The number of hydrogen-bond acceptors (Lipinski definition) is 4. The van der Waals surface area contributed by atoms with Crippen molar-refractivity contribution in [1.82, 2.24) is 0 Å². The molecule has 4 nitrogen and oxygen atoms in total. The molecular weight excluding hydrogens is 653 g/mol. The molecule has 16 heteroatoms. The first-order valence-corrected chi connectivity index (χ1v) is 16.3. The van der Waals surface area contributed by atoms with Crippen LogP contribution in [0.5, 0.6) is 5.75 Å². The molecule has 2 aromatic rings. The second-order valence-corrected chi connectivity index (χ2v) is 13.8. The van der Waals surface area contributed by atoms with Crippen molar-refractivity contribution in [2.45, 2.75) is 93.7 Å². The molecule has 45 heavy (non-hydrogen) atoms. The van der Waals surface area contributed by atoms with E-state index in [9.17, 15) is 45.8 Å². The van der Waals surface area contributed by atoms with Crippen molar-refractivity contribution < 1.29 is 64.7 Å². The summed E-state index contributed by atoms with van der Waals surface area (Å²) in [4.78, 5) is -3.22. The van der Waals surface area contributed by atoms with Gasteiger partial charge in [0, 0.05) is 5.92 Å². The predicted octanol–water partition coefficient (Wildman–Crippen LogP) is 11.0. The summed E-state index contributed by atoms with van der Waals surface area (Å²) in [6.07, 6.45) is -7.41. The van der Waals surface area contributed by atoms with Crippen molar-refractivity contribution in [2.75, 3.05) is 13.2 Å². The van der Waals surface area contributed by atoms with Gasteiger partial charge in [0.05, 0.1) is 24.9 Å². The van der Waals surface area contributed by atoms with Crippen LogP contribution >= 0.6 is 10.2 Å². The highest BCUT2D eigenvalue weighted by molar-refractivity contribution is 8.45. The quantitative estimate of drug-likeness (QED) is 0.165. The van der Waals surface area contributed by atoms with Gasteiger partial charge in [0.25, 0.3) is 6.29 Å². The summed E-state index contributed by atoms with van der Waals surface area (Å²) in [6, 6.07) is 3.81. The molecule has 0 bridgehead atoms. The van der Waals surface area contributed by atoms with Crippen LogP contribution in [-0.4, -0.2) is 31.7 Å². The lowest BCUT2D eigenvalue weighted by Crippen LogP contribution is -2.47. The smallest absolute Gasteiger partial charge is 0.429 e. The first kappa shape index (κ1) is 35.6. The van der Waals surface area contributed by atoms with Gasteiger partial charge in [-0.1, -0.05) is 45.6 Å². The highest BCUT2D eigenvalue weighted by Crippen LogP contribution is 3.02. The average Bonchev–Trinajstić information content (AvgIpc) is 2.92. The molecular formula is C29H33F11O4S. The Balaban J connectivity index is 1.30. The van der Waals surface area contributed by atoms with E-state index in [1.54, 1.807) is 0 Å². The minimum Gasteiger partial charge on any atom is -0.429 e.